The van der Waals surface area contributed by atoms with Gasteiger partial charge in [0, 0.05) is 54.1 Å². The molecule has 1 unspecified atom stereocenters. The quantitative estimate of drug-likeness (QED) is 0.489. The van der Waals surface area contributed by atoms with Crippen LogP contribution in [0, 0.1) is 16.7 Å². The van der Waals surface area contributed by atoms with Crippen molar-refractivity contribution in [1.82, 2.24) is 4.90 Å². The van der Waals surface area contributed by atoms with Crippen molar-refractivity contribution in [3.8, 4) is 0 Å². The highest BCUT2D eigenvalue weighted by atomic mass is 16.2. The first-order chi connectivity index (χ1) is 14.9. The van der Waals surface area contributed by atoms with Crippen LogP contribution in [-0.2, 0) is 11.2 Å². The summed E-state index contributed by atoms with van der Waals surface area (Å²) < 4.78 is 0. The molecule has 1 heterocycles. The first-order valence-corrected chi connectivity index (χ1v) is 10.5. The van der Waals surface area contributed by atoms with Crippen molar-refractivity contribution in [2.24, 2.45) is 11.7 Å². The number of allylic oxidation sites excluding steroid dienone is 1. The van der Waals surface area contributed by atoms with Crippen LogP contribution in [0.4, 0.5) is 5.69 Å². The van der Waals surface area contributed by atoms with Crippen LogP contribution in [-0.4, -0.2) is 41.9 Å². The summed E-state index contributed by atoms with van der Waals surface area (Å²) >= 11 is 0. The first-order valence-electron chi connectivity index (χ1n) is 10.5. The molecule has 1 saturated heterocycles. The van der Waals surface area contributed by atoms with Crippen LogP contribution in [0.1, 0.15) is 37.0 Å². The van der Waals surface area contributed by atoms with Crippen LogP contribution in [0.15, 0.2) is 54.7 Å². The van der Waals surface area contributed by atoms with Gasteiger partial charge in [0.1, 0.15) is 0 Å². The summed E-state index contributed by atoms with van der Waals surface area (Å²) in [6.07, 6.45) is 5.25. The van der Waals surface area contributed by atoms with Crippen LogP contribution in [0.5, 0.6) is 0 Å². The highest BCUT2D eigenvalue weighted by molar-refractivity contribution is 6.08. The highest BCUT2D eigenvalue weighted by Crippen LogP contribution is 2.33. The molecule has 1 amide bonds. The van der Waals surface area contributed by atoms with Gasteiger partial charge in [-0.2, -0.15) is 0 Å². The van der Waals surface area contributed by atoms with Gasteiger partial charge in [0.2, 0.25) is 5.91 Å². The molecule has 6 nitrogen and oxygen atoms in total. The Balaban J connectivity index is 1.65. The third-order valence-corrected chi connectivity index (χ3v) is 5.92. The van der Waals surface area contributed by atoms with E-state index < -0.39 is 0 Å². The standard InChI is InChI=1S/C25H31N5O/c1-25(2)12-19(17-30(25)24(31)10-18-6-4-3-5-7-18)16-29-23-9-8-20(11-21(23)13-26)22(14-27)15-28/h3-9,11,13-15,19,26-27,29H,10,12,16-17,28H2,1-2H3/b22-15+,26-13?,27-14?. The average Bonchev–Trinajstić information content (AvgIpc) is 3.08. The minimum Gasteiger partial charge on any atom is -0.404 e. The van der Waals surface area contributed by atoms with Gasteiger partial charge in [-0.1, -0.05) is 36.4 Å². The Labute approximate surface area is 184 Å². The second kappa shape index (κ2) is 9.60. The van der Waals surface area contributed by atoms with Crippen molar-refractivity contribution in [3.63, 3.8) is 0 Å². The minimum atomic E-state index is -0.183. The monoisotopic (exact) mass is 417 g/mol. The van der Waals surface area contributed by atoms with E-state index >= 15 is 0 Å². The van der Waals surface area contributed by atoms with Crippen molar-refractivity contribution in [2.75, 3.05) is 18.4 Å². The Morgan fingerprint density at radius 3 is 2.61 bits per heavy atom. The molecule has 0 aliphatic carbocycles. The summed E-state index contributed by atoms with van der Waals surface area (Å²) in [5.41, 5.74) is 9.46. The highest BCUT2D eigenvalue weighted by Gasteiger charge is 2.40. The molecule has 1 fully saturated rings. The summed E-state index contributed by atoms with van der Waals surface area (Å²) in [5, 5.41) is 18.7. The van der Waals surface area contributed by atoms with E-state index in [9.17, 15) is 4.79 Å². The number of anilines is 1. The smallest absolute Gasteiger partial charge is 0.227 e. The molecule has 5 N–H and O–H groups in total. The van der Waals surface area contributed by atoms with Gasteiger partial charge in [0.05, 0.1) is 6.42 Å². The van der Waals surface area contributed by atoms with E-state index in [1.807, 2.05) is 53.4 Å². The summed E-state index contributed by atoms with van der Waals surface area (Å²) in [5.74, 6) is 0.491. The van der Waals surface area contributed by atoms with Crippen LogP contribution in [0.2, 0.25) is 0 Å². The number of nitrogens with two attached hydrogens (primary N) is 1. The lowest BCUT2D eigenvalue weighted by molar-refractivity contribution is -0.133. The van der Waals surface area contributed by atoms with Crippen LogP contribution < -0.4 is 11.1 Å². The third kappa shape index (κ3) is 5.20. The molecule has 0 saturated carbocycles. The van der Waals surface area contributed by atoms with Gasteiger partial charge < -0.3 is 26.8 Å². The maximum absolute atomic E-state index is 13.0. The first kappa shape index (κ1) is 22.3. The molecule has 1 aliphatic heterocycles. The zero-order valence-corrected chi connectivity index (χ0v) is 18.2. The maximum Gasteiger partial charge on any atom is 0.227 e. The molecule has 31 heavy (non-hydrogen) atoms. The Morgan fingerprint density at radius 1 is 1.23 bits per heavy atom. The number of hydrogen-bond donors (Lipinski definition) is 4. The molecule has 1 atom stereocenters. The summed E-state index contributed by atoms with van der Waals surface area (Å²) in [7, 11) is 0. The number of likely N-dealkylation sites (tertiary alicyclic amines) is 1. The second-order valence-electron chi connectivity index (χ2n) is 8.64. The van der Waals surface area contributed by atoms with E-state index in [4.69, 9.17) is 16.6 Å². The molecule has 0 radical (unpaired) electrons. The lowest BCUT2D eigenvalue weighted by Gasteiger charge is -2.31. The largest absolute Gasteiger partial charge is 0.404 e. The molecule has 3 rings (SSSR count). The van der Waals surface area contributed by atoms with Gasteiger partial charge in [-0.05, 0) is 49.4 Å². The number of amides is 1. The minimum absolute atomic E-state index is 0.163. The molecule has 0 bridgehead atoms. The summed E-state index contributed by atoms with van der Waals surface area (Å²) in [6.45, 7) is 5.71. The summed E-state index contributed by atoms with van der Waals surface area (Å²) in [6, 6.07) is 15.5. The normalized spacial score (nSPS) is 17.9. The lowest BCUT2D eigenvalue weighted by Crippen LogP contribution is -2.43. The van der Waals surface area contributed by atoms with E-state index in [1.54, 1.807) is 0 Å². The molecule has 162 valence electrons. The molecule has 0 aromatic heterocycles. The van der Waals surface area contributed by atoms with Crippen molar-refractivity contribution in [2.45, 2.75) is 32.2 Å². The van der Waals surface area contributed by atoms with Gasteiger partial charge in [0.25, 0.3) is 0 Å². The van der Waals surface area contributed by atoms with Crippen molar-refractivity contribution < 1.29 is 4.79 Å². The molecular formula is C25H31N5O. The van der Waals surface area contributed by atoms with E-state index in [-0.39, 0.29) is 11.4 Å². The molecule has 1 aliphatic rings. The molecule has 2 aromatic carbocycles. The van der Waals surface area contributed by atoms with Crippen molar-refractivity contribution in [1.29, 1.82) is 10.8 Å². The predicted molar refractivity (Wildman–Crippen MR) is 128 cm³/mol. The van der Waals surface area contributed by atoms with Crippen molar-refractivity contribution >= 4 is 29.6 Å². The zero-order valence-electron chi connectivity index (χ0n) is 18.2. The van der Waals surface area contributed by atoms with Crippen LogP contribution >= 0.6 is 0 Å². The topological polar surface area (TPSA) is 106 Å². The Hall–Kier alpha value is -3.41. The number of nitrogens with one attached hydrogen (secondary N) is 3. The number of benzene rings is 2. The fourth-order valence-corrected chi connectivity index (χ4v) is 4.33. The SMILES string of the molecule is CC1(C)CC(CNc2ccc(/C(C=N)=C/N)cc2C=N)CN1C(=O)Cc1ccccc1. The van der Waals surface area contributed by atoms with Gasteiger partial charge in [0.15, 0.2) is 0 Å². The van der Waals surface area contributed by atoms with Crippen LogP contribution in [0.25, 0.3) is 5.57 Å². The van der Waals surface area contributed by atoms with Crippen molar-refractivity contribution in [3.05, 3.63) is 71.4 Å². The van der Waals surface area contributed by atoms with Gasteiger partial charge in [-0.25, -0.2) is 0 Å². The third-order valence-electron chi connectivity index (χ3n) is 5.92. The van der Waals surface area contributed by atoms with Gasteiger partial charge >= 0.3 is 0 Å². The number of rotatable bonds is 8. The predicted octanol–water partition coefficient (Wildman–Crippen LogP) is 3.92. The molecule has 2 aromatic rings. The second-order valence-corrected chi connectivity index (χ2v) is 8.64. The Bertz CT molecular complexity index is 981. The number of hydrogen-bond acceptors (Lipinski definition) is 5. The van der Waals surface area contributed by atoms with Crippen LogP contribution in [0.3, 0.4) is 0 Å². The fourth-order valence-electron chi connectivity index (χ4n) is 4.33. The molecule has 0 spiro atoms. The maximum atomic E-state index is 13.0. The number of carbonyl (C=O) groups is 1. The fraction of sp³-hybridized carbons (Fsp3) is 0.320. The Morgan fingerprint density at radius 2 is 1.97 bits per heavy atom. The van der Waals surface area contributed by atoms with E-state index in [1.165, 1.54) is 18.6 Å². The van der Waals surface area contributed by atoms with Gasteiger partial charge in [-0.15, -0.1) is 0 Å². The van der Waals surface area contributed by atoms with E-state index in [2.05, 4.69) is 19.2 Å². The Kier molecular flexibility index (Phi) is 6.90. The average molecular weight is 418 g/mol. The molecular weight excluding hydrogens is 386 g/mol. The summed E-state index contributed by atoms with van der Waals surface area (Å²) in [4.78, 5) is 15.0. The van der Waals surface area contributed by atoms with E-state index in [0.717, 1.165) is 41.9 Å². The lowest BCUT2D eigenvalue weighted by atomic mass is 9.96. The van der Waals surface area contributed by atoms with Gasteiger partial charge in [-0.3, -0.25) is 4.79 Å². The zero-order chi connectivity index (χ0) is 22.4. The van der Waals surface area contributed by atoms with E-state index in [0.29, 0.717) is 17.9 Å². The number of carbonyl (C=O) groups excluding carboxylic acids is 1. The number of nitrogens with zero attached hydrogens (tertiary/aromatic N) is 1. The molecule has 6 heteroatoms.